The topological polar surface area (TPSA) is 112 Å². The van der Waals surface area contributed by atoms with Crippen molar-refractivity contribution in [3.63, 3.8) is 0 Å². The van der Waals surface area contributed by atoms with Crippen molar-refractivity contribution in [2.24, 2.45) is 0 Å². The first-order chi connectivity index (χ1) is 20.8. The van der Waals surface area contributed by atoms with Gasteiger partial charge in [0.2, 0.25) is 10.0 Å². The van der Waals surface area contributed by atoms with E-state index in [9.17, 15) is 13.7 Å². The Morgan fingerprint density at radius 2 is 1.98 bits per heavy atom. The summed E-state index contributed by atoms with van der Waals surface area (Å²) in [6.07, 6.45) is 2.65. The van der Waals surface area contributed by atoms with Crippen LogP contribution in [0.3, 0.4) is 0 Å². The molecule has 1 aromatic heterocycles. The number of rotatable bonds is 8. The number of aryl methyl sites for hydroxylation is 1. The van der Waals surface area contributed by atoms with Gasteiger partial charge in [0.05, 0.1) is 36.9 Å². The predicted molar refractivity (Wildman–Crippen MR) is 165 cm³/mol. The fraction of sp³-hybridized carbons (Fsp3) is 0.469. The number of likely N-dealkylation sites (N-methyl/N-ethyl adjacent to an activating group) is 1. The summed E-state index contributed by atoms with van der Waals surface area (Å²) in [4.78, 5) is 14.2. The van der Waals surface area contributed by atoms with Crippen LogP contribution in [0.25, 0.3) is 10.8 Å². The lowest BCUT2D eigenvalue weighted by Crippen LogP contribution is -2.55. The maximum atomic E-state index is 12.7. The van der Waals surface area contributed by atoms with E-state index >= 15 is 0 Å². The van der Waals surface area contributed by atoms with Gasteiger partial charge in [-0.05, 0) is 55.3 Å². The van der Waals surface area contributed by atoms with Gasteiger partial charge in [0, 0.05) is 43.1 Å². The fourth-order valence-electron chi connectivity index (χ4n) is 6.68. The molecule has 0 amide bonds. The number of hydrogen-bond donors (Lipinski definition) is 0. The molecule has 43 heavy (non-hydrogen) atoms. The highest BCUT2D eigenvalue weighted by Crippen LogP contribution is 2.39. The van der Waals surface area contributed by atoms with Gasteiger partial charge in [-0.25, -0.2) is 8.42 Å². The number of nitrogens with zero attached hydrogens (tertiary/aromatic N) is 6. The summed E-state index contributed by atoms with van der Waals surface area (Å²) in [7, 11) is -1.56. The molecule has 0 N–H and O–H groups in total. The van der Waals surface area contributed by atoms with Crippen LogP contribution in [-0.4, -0.2) is 79.5 Å². The Balaban J connectivity index is 1.35. The Kier molecular flexibility index (Phi) is 8.38. The van der Waals surface area contributed by atoms with E-state index in [-0.39, 0.29) is 19.1 Å². The lowest BCUT2D eigenvalue weighted by atomic mass is 9.92. The van der Waals surface area contributed by atoms with Gasteiger partial charge in [0.15, 0.2) is 0 Å². The van der Waals surface area contributed by atoms with E-state index < -0.39 is 16.1 Å². The second kappa shape index (κ2) is 12.2. The Morgan fingerprint density at radius 3 is 2.72 bits per heavy atom. The van der Waals surface area contributed by atoms with Crippen molar-refractivity contribution in [1.29, 1.82) is 5.26 Å². The zero-order valence-corrected chi connectivity index (χ0v) is 25.6. The van der Waals surface area contributed by atoms with Gasteiger partial charge < -0.3 is 19.3 Å². The molecular formula is C32H38N6O4S. The van der Waals surface area contributed by atoms with Crippen LogP contribution in [0, 0.1) is 18.3 Å². The van der Waals surface area contributed by atoms with Crippen LogP contribution < -0.4 is 9.64 Å². The summed E-state index contributed by atoms with van der Waals surface area (Å²) in [6.45, 7) is 8.42. The van der Waals surface area contributed by atoms with E-state index in [0.29, 0.717) is 50.6 Å². The monoisotopic (exact) mass is 602 g/mol. The lowest BCUT2D eigenvalue weighted by molar-refractivity contribution is 0.0264. The molecule has 1 unspecified atom stereocenters. The third kappa shape index (κ3) is 5.85. The Labute approximate surface area is 253 Å². The third-order valence-electron chi connectivity index (χ3n) is 9.02. The first kappa shape index (κ1) is 29.5. The van der Waals surface area contributed by atoms with Crippen LogP contribution in [0.2, 0.25) is 0 Å². The van der Waals surface area contributed by atoms with Crippen LogP contribution in [0.5, 0.6) is 6.01 Å². The van der Waals surface area contributed by atoms with Crippen LogP contribution in [-0.2, 0) is 27.8 Å². The van der Waals surface area contributed by atoms with Gasteiger partial charge in [-0.2, -0.15) is 19.5 Å². The second-order valence-electron chi connectivity index (χ2n) is 11.7. The van der Waals surface area contributed by atoms with Crippen LogP contribution in [0.1, 0.15) is 47.8 Å². The van der Waals surface area contributed by atoms with E-state index in [1.807, 2.05) is 0 Å². The molecule has 3 aliphatic rings. The number of fused-ring (bicyclic) bond motifs is 2. The minimum atomic E-state index is -3.67. The summed E-state index contributed by atoms with van der Waals surface area (Å²) >= 11 is 0. The first-order valence-electron chi connectivity index (χ1n) is 14.9. The molecule has 2 fully saturated rings. The molecule has 3 atom stereocenters. The number of hydrogen-bond acceptors (Lipinski definition) is 9. The van der Waals surface area contributed by atoms with Crippen LogP contribution in [0.15, 0.2) is 48.4 Å². The maximum absolute atomic E-state index is 12.7. The number of piperazine rings is 1. The minimum Gasteiger partial charge on any atom is -0.462 e. The molecule has 3 aromatic rings. The number of anilines is 1. The Bertz CT molecular complexity index is 1670. The number of benzene rings is 2. The van der Waals surface area contributed by atoms with E-state index in [1.165, 1.54) is 20.6 Å². The second-order valence-corrected chi connectivity index (χ2v) is 13.5. The molecule has 4 heterocycles. The molecule has 0 aliphatic carbocycles. The normalized spacial score (nSPS) is 23.2. The van der Waals surface area contributed by atoms with Crippen molar-refractivity contribution in [3.8, 4) is 12.1 Å². The van der Waals surface area contributed by atoms with Gasteiger partial charge in [-0.1, -0.05) is 43.0 Å². The standard InChI is InChI=1S/C32H38N6O4S/c1-4-43(39,40)38-17-16-37(19-24(38)13-14-33)31-27-21-41-29(26-12-6-10-23-9-5-8-22(2)30(23)26)18-28(27)34-32(35-31)42-20-25-11-7-15-36(25)3/h4-6,8-10,12,24-25,29H,1,7,11,13,15-21H2,2-3H3/t24-,25-,29?/m0/s1. The zero-order chi connectivity index (χ0) is 30.1. The molecule has 0 bridgehead atoms. The SMILES string of the molecule is C=CS(=O)(=O)N1CCN(c2nc(OC[C@@H]3CCCN3C)nc3c2COC(c2cccc4cccc(C)c24)C3)C[C@@H]1CC#N. The summed E-state index contributed by atoms with van der Waals surface area (Å²) in [5, 5.41) is 12.8. The molecule has 226 valence electrons. The zero-order valence-electron chi connectivity index (χ0n) is 24.8. The smallest absolute Gasteiger partial charge is 0.318 e. The fourth-order valence-corrected chi connectivity index (χ4v) is 7.77. The summed E-state index contributed by atoms with van der Waals surface area (Å²) in [5.74, 6) is 0.686. The van der Waals surface area contributed by atoms with Gasteiger partial charge in [-0.15, -0.1) is 0 Å². The van der Waals surface area contributed by atoms with Crippen LogP contribution in [0.4, 0.5) is 5.82 Å². The molecule has 3 aliphatic heterocycles. The van der Waals surface area contributed by atoms with Crippen molar-refractivity contribution < 1.29 is 17.9 Å². The maximum Gasteiger partial charge on any atom is 0.318 e. The van der Waals surface area contributed by atoms with Crippen molar-refractivity contribution in [3.05, 3.63) is 70.8 Å². The number of nitriles is 1. The van der Waals surface area contributed by atoms with Crippen molar-refractivity contribution in [2.45, 2.75) is 57.4 Å². The highest BCUT2D eigenvalue weighted by molar-refractivity contribution is 7.92. The van der Waals surface area contributed by atoms with Crippen LogP contribution >= 0.6 is 0 Å². The quantitative estimate of drug-likeness (QED) is 0.376. The van der Waals surface area contributed by atoms with E-state index in [2.05, 4.69) is 72.8 Å². The minimum absolute atomic E-state index is 0.0627. The molecule has 2 saturated heterocycles. The van der Waals surface area contributed by atoms with Gasteiger partial charge in [0.25, 0.3) is 0 Å². The van der Waals surface area contributed by atoms with Gasteiger partial charge in [-0.3, -0.25) is 0 Å². The van der Waals surface area contributed by atoms with Gasteiger partial charge >= 0.3 is 6.01 Å². The number of ether oxygens (including phenoxy) is 2. The third-order valence-corrected chi connectivity index (χ3v) is 10.6. The Morgan fingerprint density at radius 1 is 1.16 bits per heavy atom. The van der Waals surface area contributed by atoms with Crippen molar-refractivity contribution >= 4 is 26.6 Å². The Hall–Kier alpha value is -3.56. The number of sulfonamides is 1. The highest BCUT2D eigenvalue weighted by atomic mass is 32.2. The van der Waals surface area contributed by atoms with Gasteiger partial charge in [0.1, 0.15) is 12.4 Å². The average Bonchev–Trinajstić information content (AvgIpc) is 3.43. The lowest BCUT2D eigenvalue weighted by Gasteiger charge is -2.41. The van der Waals surface area contributed by atoms with E-state index in [1.54, 1.807) is 0 Å². The molecule has 6 rings (SSSR count). The predicted octanol–water partition coefficient (Wildman–Crippen LogP) is 4.10. The number of aromatic nitrogens is 2. The molecule has 0 radical (unpaired) electrons. The first-order valence-corrected chi connectivity index (χ1v) is 16.4. The van der Waals surface area contributed by atoms with E-state index in [4.69, 9.17) is 19.4 Å². The summed E-state index contributed by atoms with van der Waals surface area (Å²) in [6, 6.07) is 14.9. The molecule has 10 nitrogen and oxygen atoms in total. The highest BCUT2D eigenvalue weighted by Gasteiger charge is 2.37. The molecular weight excluding hydrogens is 564 g/mol. The largest absolute Gasteiger partial charge is 0.462 e. The van der Waals surface area contributed by atoms with Crippen molar-refractivity contribution in [2.75, 3.05) is 44.7 Å². The molecule has 2 aromatic carbocycles. The molecule has 11 heteroatoms. The summed E-state index contributed by atoms with van der Waals surface area (Å²) in [5.41, 5.74) is 4.09. The van der Waals surface area contributed by atoms with E-state index in [0.717, 1.165) is 41.6 Å². The molecule has 0 spiro atoms. The summed E-state index contributed by atoms with van der Waals surface area (Å²) < 4.78 is 39.6. The average molecular weight is 603 g/mol. The number of likely N-dealkylation sites (tertiary alicyclic amines) is 1. The van der Waals surface area contributed by atoms with Crippen molar-refractivity contribution in [1.82, 2.24) is 19.2 Å². The molecule has 0 saturated carbocycles.